The lowest BCUT2D eigenvalue weighted by molar-refractivity contribution is -0.147. The van der Waals surface area contributed by atoms with E-state index in [1.54, 1.807) is 0 Å². The molecule has 25 heavy (non-hydrogen) atoms. The second-order valence-corrected chi connectivity index (χ2v) is 6.51. The molecule has 0 saturated carbocycles. The number of hydrogen-bond donors (Lipinski definition) is 2. The van der Waals surface area contributed by atoms with Crippen LogP contribution in [0.3, 0.4) is 0 Å². The van der Waals surface area contributed by atoms with Crippen LogP contribution >= 0.6 is 0 Å². The molecule has 2 amide bonds. The van der Waals surface area contributed by atoms with E-state index >= 15 is 0 Å². The SMILES string of the molecule is CCNC(=NCCC(OCC)C(C)C)NCCN1C(=O)CCCC1=O. The van der Waals surface area contributed by atoms with Crippen LogP contribution in [0, 0.1) is 5.92 Å². The standard InChI is InChI=1S/C18H34N4O3/c1-5-19-18(20-11-10-15(14(3)4)25-6-2)21-12-13-22-16(23)8-7-9-17(22)24/h14-15H,5-13H2,1-4H3,(H2,19,20,21). The number of ether oxygens (including phenoxy) is 1. The van der Waals surface area contributed by atoms with Crippen LogP contribution in [0.25, 0.3) is 0 Å². The van der Waals surface area contributed by atoms with Crippen molar-refractivity contribution in [3.63, 3.8) is 0 Å². The number of carbonyl (C=O) groups excluding carboxylic acids is 2. The van der Waals surface area contributed by atoms with Gasteiger partial charge < -0.3 is 15.4 Å². The minimum absolute atomic E-state index is 0.0727. The van der Waals surface area contributed by atoms with Crippen LogP contribution in [-0.2, 0) is 14.3 Å². The molecule has 7 heteroatoms. The first-order valence-electron chi connectivity index (χ1n) is 9.46. The van der Waals surface area contributed by atoms with Gasteiger partial charge in [0, 0.05) is 45.6 Å². The van der Waals surface area contributed by atoms with Crippen molar-refractivity contribution < 1.29 is 14.3 Å². The second kappa shape index (κ2) is 11.8. The molecule has 144 valence electrons. The fourth-order valence-corrected chi connectivity index (χ4v) is 2.80. The summed E-state index contributed by atoms with van der Waals surface area (Å²) in [5.41, 5.74) is 0. The number of nitrogens with one attached hydrogen (secondary N) is 2. The van der Waals surface area contributed by atoms with Crippen molar-refractivity contribution in [3.8, 4) is 0 Å². The maximum atomic E-state index is 11.8. The smallest absolute Gasteiger partial charge is 0.229 e. The highest BCUT2D eigenvalue weighted by atomic mass is 16.5. The third-order valence-corrected chi connectivity index (χ3v) is 4.16. The molecule has 0 bridgehead atoms. The fraction of sp³-hybridized carbons (Fsp3) is 0.833. The summed E-state index contributed by atoms with van der Waals surface area (Å²) < 4.78 is 5.74. The molecule has 7 nitrogen and oxygen atoms in total. The zero-order valence-corrected chi connectivity index (χ0v) is 16.1. The zero-order chi connectivity index (χ0) is 18.7. The van der Waals surface area contributed by atoms with Gasteiger partial charge in [0.1, 0.15) is 0 Å². The van der Waals surface area contributed by atoms with Gasteiger partial charge in [-0.15, -0.1) is 0 Å². The monoisotopic (exact) mass is 354 g/mol. The lowest BCUT2D eigenvalue weighted by Crippen LogP contribution is -2.46. The van der Waals surface area contributed by atoms with Gasteiger partial charge in [0.25, 0.3) is 0 Å². The third kappa shape index (κ3) is 7.86. The summed E-state index contributed by atoms with van der Waals surface area (Å²) in [5.74, 6) is 1.02. The van der Waals surface area contributed by atoms with E-state index in [0.29, 0.717) is 57.4 Å². The second-order valence-electron chi connectivity index (χ2n) is 6.51. The van der Waals surface area contributed by atoms with Crippen LogP contribution in [-0.4, -0.2) is 61.6 Å². The first-order chi connectivity index (χ1) is 12.0. The van der Waals surface area contributed by atoms with Gasteiger partial charge in [-0.25, -0.2) is 0 Å². The van der Waals surface area contributed by atoms with Crippen LogP contribution in [0.4, 0.5) is 0 Å². The predicted molar refractivity (Wildman–Crippen MR) is 99.4 cm³/mol. The van der Waals surface area contributed by atoms with E-state index in [2.05, 4.69) is 29.5 Å². The number of guanidine groups is 1. The fourth-order valence-electron chi connectivity index (χ4n) is 2.80. The summed E-state index contributed by atoms with van der Waals surface area (Å²) in [6.07, 6.45) is 2.68. The Hall–Kier alpha value is -1.63. The van der Waals surface area contributed by atoms with Crippen molar-refractivity contribution in [1.82, 2.24) is 15.5 Å². The number of amides is 2. The predicted octanol–water partition coefficient (Wildman–Crippen LogP) is 1.53. The summed E-state index contributed by atoms with van der Waals surface area (Å²) in [6.45, 7) is 11.3. The molecule has 0 spiro atoms. The Kier molecular flexibility index (Phi) is 10.1. The average Bonchev–Trinajstić information content (AvgIpc) is 2.56. The van der Waals surface area contributed by atoms with Crippen LogP contribution in [0.2, 0.25) is 0 Å². The number of aliphatic imine (C=N–C) groups is 1. The normalized spacial score (nSPS) is 17.2. The highest BCUT2D eigenvalue weighted by molar-refractivity contribution is 5.97. The molecule has 0 aromatic rings. The van der Waals surface area contributed by atoms with Gasteiger partial charge in [-0.05, 0) is 32.6 Å². The van der Waals surface area contributed by atoms with Crippen molar-refractivity contribution in [3.05, 3.63) is 0 Å². The molecule has 2 N–H and O–H groups in total. The topological polar surface area (TPSA) is 83.0 Å². The van der Waals surface area contributed by atoms with Crippen LogP contribution in [0.15, 0.2) is 4.99 Å². The number of rotatable bonds is 10. The zero-order valence-electron chi connectivity index (χ0n) is 16.1. The highest BCUT2D eigenvalue weighted by Gasteiger charge is 2.25. The van der Waals surface area contributed by atoms with E-state index in [1.165, 1.54) is 4.90 Å². The highest BCUT2D eigenvalue weighted by Crippen LogP contribution is 2.12. The minimum Gasteiger partial charge on any atom is -0.378 e. The third-order valence-electron chi connectivity index (χ3n) is 4.16. The lowest BCUT2D eigenvalue weighted by Gasteiger charge is -2.25. The van der Waals surface area contributed by atoms with Crippen LogP contribution in [0.1, 0.15) is 53.4 Å². The van der Waals surface area contributed by atoms with Gasteiger partial charge in [0.2, 0.25) is 11.8 Å². The molecule has 0 radical (unpaired) electrons. The Balaban J connectivity index is 2.44. The Morgan fingerprint density at radius 3 is 2.44 bits per heavy atom. The van der Waals surface area contributed by atoms with Gasteiger partial charge in [0.05, 0.1) is 6.10 Å². The first kappa shape index (κ1) is 21.4. The molecule has 0 aromatic heterocycles. The molecule has 0 aliphatic carbocycles. The summed E-state index contributed by atoms with van der Waals surface area (Å²) in [4.78, 5) is 29.5. The molecule has 1 atom stereocenters. The van der Waals surface area contributed by atoms with E-state index in [9.17, 15) is 9.59 Å². The van der Waals surface area contributed by atoms with Crippen molar-refractivity contribution in [2.24, 2.45) is 10.9 Å². The molecule has 1 heterocycles. The number of piperidine rings is 1. The van der Waals surface area contributed by atoms with Gasteiger partial charge >= 0.3 is 0 Å². The summed E-state index contributed by atoms with van der Waals surface area (Å²) in [5, 5.41) is 6.38. The van der Waals surface area contributed by atoms with Crippen molar-refractivity contribution in [2.45, 2.75) is 59.5 Å². The van der Waals surface area contributed by atoms with Crippen molar-refractivity contribution in [2.75, 3.05) is 32.8 Å². The van der Waals surface area contributed by atoms with Crippen molar-refractivity contribution >= 4 is 17.8 Å². The quantitative estimate of drug-likeness (QED) is 0.353. The van der Waals surface area contributed by atoms with E-state index in [4.69, 9.17) is 4.74 Å². The number of likely N-dealkylation sites (tertiary alicyclic amines) is 1. The van der Waals surface area contributed by atoms with Crippen LogP contribution < -0.4 is 10.6 Å². The van der Waals surface area contributed by atoms with Gasteiger partial charge in [0.15, 0.2) is 5.96 Å². The van der Waals surface area contributed by atoms with E-state index in [0.717, 1.165) is 13.0 Å². The summed E-state index contributed by atoms with van der Waals surface area (Å²) in [7, 11) is 0. The Morgan fingerprint density at radius 1 is 1.20 bits per heavy atom. The van der Waals surface area contributed by atoms with E-state index < -0.39 is 0 Å². The van der Waals surface area contributed by atoms with Gasteiger partial charge in [-0.1, -0.05) is 13.8 Å². The molecule has 1 rings (SSSR count). The summed E-state index contributed by atoms with van der Waals surface area (Å²) in [6, 6.07) is 0. The molecule has 0 aromatic carbocycles. The molecule has 1 saturated heterocycles. The molecular weight excluding hydrogens is 320 g/mol. The van der Waals surface area contributed by atoms with Gasteiger partial charge in [-0.2, -0.15) is 0 Å². The maximum Gasteiger partial charge on any atom is 0.229 e. The number of nitrogens with zero attached hydrogens (tertiary/aromatic N) is 2. The summed E-state index contributed by atoms with van der Waals surface area (Å²) >= 11 is 0. The molecule has 1 unspecified atom stereocenters. The molecular formula is C18H34N4O3. The van der Waals surface area contributed by atoms with Crippen LogP contribution in [0.5, 0.6) is 0 Å². The molecule has 1 aliphatic heterocycles. The van der Waals surface area contributed by atoms with E-state index in [1.807, 2.05) is 13.8 Å². The maximum absolute atomic E-state index is 11.8. The lowest BCUT2D eigenvalue weighted by atomic mass is 10.0. The average molecular weight is 354 g/mol. The van der Waals surface area contributed by atoms with Gasteiger partial charge in [-0.3, -0.25) is 19.5 Å². The number of hydrogen-bond acceptors (Lipinski definition) is 4. The Morgan fingerprint density at radius 2 is 1.88 bits per heavy atom. The first-order valence-corrected chi connectivity index (χ1v) is 9.46. The minimum atomic E-state index is -0.0727. The van der Waals surface area contributed by atoms with E-state index in [-0.39, 0.29) is 17.9 Å². The molecule has 1 fully saturated rings. The molecule has 1 aliphatic rings. The number of carbonyl (C=O) groups is 2. The Labute approximate surface area is 151 Å². The Bertz CT molecular complexity index is 436. The largest absolute Gasteiger partial charge is 0.378 e. The van der Waals surface area contributed by atoms with Crippen molar-refractivity contribution in [1.29, 1.82) is 0 Å². The number of imide groups is 1.